The molecule has 0 aromatic heterocycles. The zero-order valence-corrected chi connectivity index (χ0v) is 19.3. The number of nitrogens with zero attached hydrogens (tertiary/aromatic N) is 2. The Labute approximate surface area is 190 Å². The molecule has 0 radical (unpaired) electrons. The average molecular weight is 439 g/mol. The van der Waals surface area contributed by atoms with Gasteiger partial charge < -0.3 is 9.80 Å². The van der Waals surface area contributed by atoms with E-state index in [1.807, 2.05) is 68.4 Å². The Morgan fingerprint density at radius 3 is 2.39 bits per heavy atom. The van der Waals surface area contributed by atoms with Gasteiger partial charge in [-0.2, -0.15) is 0 Å². The number of hydrogen-bond acceptors (Lipinski definition) is 2. The van der Waals surface area contributed by atoms with E-state index in [-0.39, 0.29) is 35.4 Å². The van der Waals surface area contributed by atoms with Crippen molar-refractivity contribution in [2.75, 3.05) is 6.54 Å². The second kappa shape index (κ2) is 8.66. The fourth-order valence-electron chi connectivity index (χ4n) is 5.45. The number of carbonyl (C=O) groups is 2. The summed E-state index contributed by atoms with van der Waals surface area (Å²) in [6.45, 7) is 6.88. The summed E-state index contributed by atoms with van der Waals surface area (Å²) in [6, 6.07) is 17.5. The molecule has 164 valence electrons. The highest BCUT2D eigenvalue weighted by atomic mass is 35.5. The largest absolute Gasteiger partial charge is 0.337 e. The lowest BCUT2D eigenvalue weighted by molar-refractivity contribution is -0.138. The maximum atomic E-state index is 13.8. The minimum absolute atomic E-state index is 0.0415. The Morgan fingerprint density at radius 2 is 1.74 bits per heavy atom. The molecule has 2 saturated heterocycles. The number of carbonyl (C=O) groups excluding carboxylic acids is 2. The van der Waals surface area contributed by atoms with Crippen LogP contribution in [0.2, 0.25) is 5.02 Å². The van der Waals surface area contributed by atoms with Gasteiger partial charge in [0, 0.05) is 28.6 Å². The Kier molecular flexibility index (Phi) is 6.11. The number of benzene rings is 2. The predicted octanol–water partition coefficient (Wildman–Crippen LogP) is 5.20. The topological polar surface area (TPSA) is 40.6 Å². The maximum absolute atomic E-state index is 13.8. The third-order valence-electron chi connectivity index (χ3n) is 6.82. The fraction of sp³-hybridized carbons (Fsp3) is 0.462. The van der Waals surface area contributed by atoms with Gasteiger partial charge in [-0.25, -0.2) is 0 Å². The van der Waals surface area contributed by atoms with Gasteiger partial charge >= 0.3 is 0 Å². The normalized spacial score (nSPS) is 25.6. The Bertz CT molecular complexity index is 944. The molecule has 2 heterocycles. The lowest BCUT2D eigenvalue weighted by Crippen LogP contribution is -2.55. The highest BCUT2D eigenvalue weighted by Crippen LogP contribution is 2.44. The first kappa shape index (κ1) is 21.9. The van der Waals surface area contributed by atoms with Gasteiger partial charge in [-0.1, -0.05) is 55.8 Å². The molecule has 0 aliphatic carbocycles. The predicted molar refractivity (Wildman–Crippen MR) is 124 cm³/mol. The van der Waals surface area contributed by atoms with Crippen LogP contribution in [0.4, 0.5) is 0 Å². The van der Waals surface area contributed by atoms with Crippen molar-refractivity contribution in [3.63, 3.8) is 0 Å². The van der Waals surface area contributed by atoms with Crippen molar-refractivity contribution in [2.45, 2.75) is 64.1 Å². The van der Waals surface area contributed by atoms with E-state index in [0.717, 1.165) is 37.8 Å². The van der Waals surface area contributed by atoms with Gasteiger partial charge in [0.25, 0.3) is 5.91 Å². The van der Waals surface area contributed by atoms with E-state index in [4.69, 9.17) is 11.6 Å². The lowest BCUT2D eigenvalue weighted by atomic mass is 9.87. The molecule has 2 aromatic rings. The summed E-state index contributed by atoms with van der Waals surface area (Å²) in [5.74, 6) is 0.209. The zero-order chi connectivity index (χ0) is 22.2. The van der Waals surface area contributed by atoms with Crippen molar-refractivity contribution in [3.8, 4) is 0 Å². The van der Waals surface area contributed by atoms with Crippen LogP contribution in [0.3, 0.4) is 0 Å². The molecule has 4 nitrogen and oxygen atoms in total. The smallest absolute Gasteiger partial charge is 0.254 e. The molecule has 5 heteroatoms. The summed E-state index contributed by atoms with van der Waals surface area (Å²) in [5, 5.41) is 0.708. The SMILES string of the molecule is CC(C)C(=O)N1CCC[C@H]2[C@@H]1C[C@@](C)(Cc1ccc(Cl)cc1)N2C(=O)c1ccccc1. The number of likely N-dealkylation sites (tertiary alicyclic amines) is 2. The molecule has 3 atom stereocenters. The highest BCUT2D eigenvalue weighted by molar-refractivity contribution is 6.30. The van der Waals surface area contributed by atoms with Crippen LogP contribution in [0.25, 0.3) is 0 Å². The van der Waals surface area contributed by atoms with Gasteiger partial charge in [0.1, 0.15) is 0 Å². The molecule has 31 heavy (non-hydrogen) atoms. The second-order valence-corrected chi connectivity index (χ2v) is 9.95. The van der Waals surface area contributed by atoms with Crippen LogP contribution in [-0.4, -0.2) is 45.8 Å². The van der Waals surface area contributed by atoms with Crippen LogP contribution in [0.15, 0.2) is 54.6 Å². The van der Waals surface area contributed by atoms with Crippen molar-refractivity contribution in [3.05, 3.63) is 70.7 Å². The van der Waals surface area contributed by atoms with E-state index in [0.29, 0.717) is 10.6 Å². The lowest BCUT2D eigenvalue weighted by Gasteiger charge is -2.42. The summed E-state index contributed by atoms with van der Waals surface area (Å²) in [7, 11) is 0. The average Bonchev–Trinajstić information content (AvgIpc) is 3.06. The van der Waals surface area contributed by atoms with Gasteiger partial charge in [-0.05, 0) is 62.4 Å². The molecule has 2 aliphatic heterocycles. The van der Waals surface area contributed by atoms with Crippen LogP contribution in [0.1, 0.15) is 56.0 Å². The quantitative estimate of drug-likeness (QED) is 0.658. The van der Waals surface area contributed by atoms with Crippen molar-refractivity contribution < 1.29 is 9.59 Å². The van der Waals surface area contributed by atoms with Crippen LogP contribution in [-0.2, 0) is 11.2 Å². The third kappa shape index (κ3) is 4.23. The van der Waals surface area contributed by atoms with Gasteiger partial charge in [0.2, 0.25) is 5.91 Å². The van der Waals surface area contributed by atoms with E-state index in [1.165, 1.54) is 0 Å². The van der Waals surface area contributed by atoms with Gasteiger partial charge in [0.05, 0.1) is 12.1 Å². The van der Waals surface area contributed by atoms with E-state index in [1.54, 1.807) is 0 Å². The van der Waals surface area contributed by atoms with Crippen LogP contribution >= 0.6 is 11.6 Å². The number of amides is 2. The van der Waals surface area contributed by atoms with Crippen LogP contribution in [0, 0.1) is 5.92 Å². The summed E-state index contributed by atoms with van der Waals surface area (Å²) >= 11 is 6.10. The molecule has 0 saturated carbocycles. The Balaban J connectivity index is 1.72. The molecule has 0 unspecified atom stereocenters. The fourth-order valence-corrected chi connectivity index (χ4v) is 5.58. The first-order valence-electron chi connectivity index (χ1n) is 11.2. The number of fused-ring (bicyclic) bond motifs is 1. The minimum atomic E-state index is -0.379. The highest BCUT2D eigenvalue weighted by Gasteiger charge is 2.54. The monoisotopic (exact) mass is 438 g/mol. The van der Waals surface area contributed by atoms with Crippen molar-refractivity contribution in [1.29, 1.82) is 0 Å². The summed E-state index contributed by atoms with van der Waals surface area (Å²) in [6.07, 6.45) is 3.38. The molecule has 4 rings (SSSR count). The first-order valence-corrected chi connectivity index (χ1v) is 11.6. The van der Waals surface area contributed by atoms with Gasteiger partial charge in [-0.15, -0.1) is 0 Å². The molecule has 2 aromatic carbocycles. The number of hydrogen-bond donors (Lipinski definition) is 0. The van der Waals surface area contributed by atoms with Crippen LogP contribution in [0.5, 0.6) is 0 Å². The molecule has 2 aliphatic rings. The molecular formula is C26H31ClN2O2. The molecular weight excluding hydrogens is 408 g/mol. The number of piperidine rings is 1. The van der Waals surface area contributed by atoms with E-state index in [2.05, 4.69) is 16.7 Å². The number of rotatable bonds is 4. The molecule has 2 fully saturated rings. The van der Waals surface area contributed by atoms with E-state index in [9.17, 15) is 9.59 Å². The number of halogens is 1. The third-order valence-corrected chi connectivity index (χ3v) is 7.07. The van der Waals surface area contributed by atoms with E-state index < -0.39 is 0 Å². The Hall–Kier alpha value is -2.33. The molecule has 0 N–H and O–H groups in total. The van der Waals surface area contributed by atoms with Crippen molar-refractivity contribution in [2.24, 2.45) is 5.92 Å². The zero-order valence-electron chi connectivity index (χ0n) is 18.6. The van der Waals surface area contributed by atoms with Crippen molar-refractivity contribution in [1.82, 2.24) is 9.80 Å². The standard InChI is InChI=1S/C26H31ClN2O2/c1-18(2)24(30)28-15-7-10-22-23(28)17-26(3,16-19-11-13-21(27)14-12-19)29(22)25(31)20-8-5-4-6-9-20/h4-6,8-9,11-14,18,22-23H,7,10,15-17H2,1-3H3/t22-,23-,26+/m0/s1. The first-order chi connectivity index (χ1) is 14.8. The molecule has 0 spiro atoms. The van der Waals surface area contributed by atoms with Gasteiger partial charge in [-0.3, -0.25) is 9.59 Å². The molecule has 2 amide bonds. The maximum Gasteiger partial charge on any atom is 0.254 e. The Morgan fingerprint density at radius 1 is 1.06 bits per heavy atom. The van der Waals surface area contributed by atoms with Gasteiger partial charge in [0.15, 0.2) is 0 Å². The summed E-state index contributed by atoms with van der Waals surface area (Å²) < 4.78 is 0. The van der Waals surface area contributed by atoms with Crippen molar-refractivity contribution >= 4 is 23.4 Å². The van der Waals surface area contributed by atoms with E-state index >= 15 is 0 Å². The summed E-state index contributed by atoms with van der Waals surface area (Å²) in [5.41, 5.74) is 1.48. The van der Waals surface area contributed by atoms with Crippen LogP contribution < -0.4 is 0 Å². The second-order valence-electron chi connectivity index (χ2n) is 9.51. The summed E-state index contributed by atoms with van der Waals surface area (Å²) in [4.78, 5) is 30.9. The minimum Gasteiger partial charge on any atom is -0.337 e. The molecule has 0 bridgehead atoms.